The van der Waals surface area contributed by atoms with Gasteiger partial charge in [0.2, 0.25) is 5.91 Å². The smallest absolute Gasteiger partial charge is 0.337 e. The quantitative estimate of drug-likeness (QED) is 0.815. The minimum absolute atomic E-state index is 0.0118. The average molecular weight is 370 g/mol. The number of rotatable bonds is 4. The molecule has 1 N–H and O–H groups in total. The molecule has 3 rings (SSSR count). The number of esters is 1. The van der Waals surface area contributed by atoms with Crippen molar-refractivity contribution in [3.8, 4) is 0 Å². The molecule has 0 aromatic heterocycles. The maximum absolute atomic E-state index is 13.9. The van der Waals surface area contributed by atoms with Gasteiger partial charge in [-0.15, -0.1) is 0 Å². The molecule has 27 heavy (non-hydrogen) atoms. The van der Waals surface area contributed by atoms with Crippen LogP contribution >= 0.6 is 0 Å². The van der Waals surface area contributed by atoms with Gasteiger partial charge in [-0.25, -0.2) is 9.18 Å². The molecule has 0 unspecified atom stereocenters. The Morgan fingerprint density at radius 1 is 1.22 bits per heavy atom. The molecular weight excluding hydrogens is 347 g/mol. The van der Waals surface area contributed by atoms with Gasteiger partial charge in [0.1, 0.15) is 5.82 Å². The largest absolute Gasteiger partial charge is 0.465 e. The van der Waals surface area contributed by atoms with Gasteiger partial charge < -0.3 is 15.0 Å². The number of nitrogens with one attached hydrogen (secondary N) is 1. The van der Waals surface area contributed by atoms with E-state index in [1.165, 1.54) is 19.2 Å². The van der Waals surface area contributed by atoms with Crippen LogP contribution in [0.3, 0.4) is 0 Å². The van der Waals surface area contributed by atoms with Crippen molar-refractivity contribution in [1.29, 1.82) is 0 Å². The fourth-order valence-corrected chi connectivity index (χ4v) is 3.54. The molecule has 6 heteroatoms. The van der Waals surface area contributed by atoms with E-state index in [0.29, 0.717) is 18.4 Å². The minimum Gasteiger partial charge on any atom is -0.465 e. The molecule has 1 aliphatic heterocycles. The van der Waals surface area contributed by atoms with Crippen LogP contribution in [0.4, 0.5) is 15.8 Å². The number of carbonyl (C=O) groups excluding carboxylic acids is 2. The summed E-state index contributed by atoms with van der Waals surface area (Å²) < 4.78 is 18.6. The van der Waals surface area contributed by atoms with E-state index >= 15 is 0 Å². The number of ether oxygens (including phenoxy) is 1. The lowest BCUT2D eigenvalue weighted by atomic mass is 9.91. The molecule has 1 aliphatic rings. The highest BCUT2D eigenvalue weighted by Crippen LogP contribution is 2.39. The van der Waals surface area contributed by atoms with Crippen molar-refractivity contribution in [3.05, 3.63) is 59.4 Å². The summed E-state index contributed by atoms with van der Waals surface area (Å²) in [5.74, 6) is -0.703. The van der Waals surface area contributed by atoms with Gasteiger partial charge in [-0.05, 0) is 55.8 Å². The van der Waals surface area contributed by atoms with Crippen molar-refractivity contribution in [2.24, 2.45) is 0 Å². The number of halogens is 1. The van der Waals surface area contributed by atoms with E-state index in [0.717, 1.165) is 16.9 Å². The summed E-state index contributed by atoms with van der Waals surface area (Å²) in [6, 6.07) is 11.3. The van der Waals surface area contributed by atoms with Crippen molar-refractivity contribution in [2.45, 2.75) is 38.8 Å². The number of anilines is 2. The highest BCUT2D eigenvalue weighted by molar-refractivity contribution is 5.95. The number of nitrogens with zero attached hydrogens (tertiary/aromatic N) is 1. The zero-order valence-corrected chi connectivity index (χ0v) is 15.7. The number of amides is 1. The second kappa shape index (κ2) is 7.78. The Kier molecular flexibility index (Phi) is 5.44. The first kappa shape index (κ1) is 18.9. The molecule has 0 aliphatic carbocycles. The van der Waals surface area contributed by atoms with Gasteiger partial charge in [0.05, 0.1) is 18.7 Å². The molecule has 2 atom stereocenters. The second-order valence-electron chi connectivity index (χ2n) is 6.67. The predicted octanol–water partition coefficient (Wildman–Crippen LogP) is 4.30. The first-order chi connectivity index (χ1) is 12.9. The average Bonchev–Trinajstić information content (AvgIpc) is 2.68. The number of methoxy groups -OCH3 is 1. The van der Waals surface area contributed by atoms with Crippen molar-refractivity contribution in [2.75, 3.05) is 17.3 Å². The molecule has 1 heterocycles. The summed E-state index contributed by atoms with van der Waals surface area (Å²) in [7, 11) is 1.34. The van der Waals surface area contributed by atoms with Crippen molar-refractivity contribution in [1.82, 2.24) is 0 Å². The Bertz CT molecular complexity index is 851. The van der Waals surface area contributed by atoms with E-state index in [2.05, 4.69) is 5.32 Å². The number of hydrogen-bond acceptors (Lipinski definition) is 4. The Labute approximate surface area is 158 Å². The molecule has 0 spiro atoms. The fourth-order valence-electron chi connectivity index (χ4n) is 3.54. The molecule has 0 bridgehead atoms. The van der Waals surface area contributed by atoms with Crippen LogP contribution in [0.2, 0.25) is 0 Å². The summed E-state index contributed by atoms with van der Waals surface area (Å²) in [5.41, 5.74) is 2.77. The van der Waals surface area contributed by atoms with E-state index in [1.807, 2.05) is 13.8 Å². The monoisotopic (exact) mass is 370 g/mol. The van der Waals surface area contributed by atoms with Crippen LogP contribution in [0, 0.1) is 5.82 Å². The van der Waals surface area contributed by atoms with Crippen LogP contribution in [-0.2, 0) is 9.53 Å². The standard InChI is InChI=1S/C21H23FN2O3/c1-4-20(25)24-13(2)11-18(17-12-15(22)7-10-19(17)24)23-16-8-5-14(6-9-16)21(26)27-3/h5-10,12-13,18,23H,4,11H2,1-3H3/t13-,18+/m0/s1. The molecule has 0 radical (unpaired) electrons. The molecule has 0 saturated heterocycles. The van der Waals surface area contributed by atoms with E-state index < -0.39 is 5.97 Å². The van der Waals surface area contributed by atoms with E-state index in [4.69, 9.17) is 4.74 Å². The first-order valence-electron chi connectivity index (χ1n) is 9.01. The fraction of sp³-hybridized carbons (Fsp3) is 0.333. The van der Waals surface area contributed by atoms with Crippen LogP contribution in [0.5, 0.6) is 0 Å². The summed E-state index contributed by atoms with van der Waals surface area (Å²) >= 11 is 0. The maximum Gasteiger partial charge on any atom is 0.337 e. The zero-order valence-electron chi connectivity index (χ0n) is 15.7. The highest BCUT2D eigenvalue weighted by atomic mass is 19.1. The van der Waals surface area contributed by atoms with Gasteiger partial charge in [-0.3, -0.25) is 4.79 Å². The molecule has 142 valence electrons. The van der Waals surface area contributed by atoms with Crippen molar-refractivity contribution >= 4 is 23.3 Å². The van der Waals surface area contributed by atoms with Crippen LogP contribution in [0.1, 0.15) is 48.7 Å². The van der Waals surface area contributed by atoms with Crippen LogP contribution in [0.15, 0.2) is 42.5 Å². The molecule has 5 nitrogen and oxygen atoms in total. The summed E-state index contributed by atoms with van der Waals surface area (Å²) in [6.45, 7) is 3.82. The van der Waals surface area contributed by atoms with Gasteiger partial charge in [-0.2, -0.15) is 0 Å². The molecule has 2 aromatic rings. The Balaban J connectivity index is 1.91. The summed E-state index contributed by atoms with van der Waals surface area (Å²) in [6.07, 6.45) is 1.05. The Morgan fingerprint density at radius 3 is 2.56 bits per heavy atom. The van der Waals surface area contributed by atoms with E-state index in [9.17, 15) is 14.0 Å². The summed E-state index contributed by atoms with van der Waals surface area (Å²) in [5, 5.41) is 3.40. The predicted molar refractivity (Wildman–Crippen MR) is 102 cm³/mol. The lowest BCUT2D eigenvalue weighted by molar-refractivity contribution is -0.118. The third-order valence-electron chi connectivity index (χ3n) is 4.86. The molecular formula is C21H23FN2O3. The topological polar surface area (TPSA) is 58.6 Å². The Morgan fingerprint density at radius 2 is 1.93 bits per heavy atom. The van der Waals surface area contributed by atoms with Crippen molar-refractivity contribution in [3.63, 3.8) is 0 Å². The van der Waals surface area contributed by atoms with Gasteiger partial charge >= 0.3 is 5.97 Å². The molecule has 1 amide bonds. The summed E-state index contributed by atoms with van der Waals surface area (Å²) in [4.78, 5) is 25.7. The molecule has 0 saturated carbocycles. The maximum atomic E-state index is 13.9. The lowest BCUT2D eigenvalue weighted by Crippen LogP contribution is -2.44. The first-order valence-corrected chi connectivity index (χ1v) is 9.01. The number of carbonyl (C=O) groups is 2. The van der Waals surface area contributed by atoms with Gasteiger partial charge in [0, 0.05) is 29.4 Å². The normalized spacial score (nSPS) is 18.6. The van der Waals surface area contributed by atoms with E-state index in [1.54, 1.807) is 35.2 Å². The van der Waals surface area contributed by atoms with Crippen molar-refractivity contribution < 1.29 is 18.7 Å². The molecule has 2 aromatic carbocycles. The zero-order chi connectivity index (χ0) is 19.6. The molecule has 0 fully saturated rings. The second-order valence-corrected chi connectivity index (χ2v) is 6.67. The van der Waals surface area contributed by atoms with Crippen LogP contribution < -0.4 is 10.2 Å². The third kappa shape index (κ3) is 3.79. The number of hydrogen-bond donors (Lipinski definition) is 1. The third-order valence-corrected chi connectivity index (χ3v) is 4.86. The highest BCUT2D eigenvalue weighted by Gasteiger charge is 2.33. The SMILES string of the molecule is CCC(=O)N1c2ccc(F)cc2[C@H](Nc2ccc(C(=O)OC)cc2)C[C@@H]1C. The Hall–Kier alpha value is -2.89. The van der Waals surface area contributed by atoms with E-state index in [-0.39, 0.29) is 23.8 Å². The van der Waals surface area contributed by atoms with Crippen LogP contribution in [0.25, 0.3) is 0 Å². The van der Waals surface area contributed by atoms with Gasteiger partial charge in [-0.1, -0.05) is 6.92 Å². The van der Waals surface area contributed by atoms with Crippen LogP contribution in [-0.4, -0.2) is 25.0 Å². The number of benzene rings is 2. The van der Waals surface area contributed by atoms with Gasteiger partial charge in [0.25, 0.3) is 0 Å². The lowest BCUT2D eigenvalue weighted by Gasteiger charge is -2.40. The minimum atomic E-state index is -0.394. The number of fused-ring (bicyclic) bond motifs is 1. The van der Waals surface area contributed by atoms with Gasteiger partial charge in [0.15, 0.2) is 0 Å².